The Hall–Kier alpha value is -3.27. The highest BCUT2D eigenvalue weighted by atomic mass is 16.3. The van der Waals surface area contributed by atoms with Gasteiger partial charge in [-0.1, -0.05) is 30.3 Å². The molecule has 110 valence electrons. The molecular formula is C19H12N2O2. The number of hydrogen-bond donors (Lipinski definition) is 3. The molecule has 3 N–H and O–H groups in total. The summed E-state index contributed by atoms with van der Waals surface area (Å²) >= 11 is 0. The zero-order valence-electron chi connectivity index (χ0n) is 12.0. The molecule has 0 atom stereocenters. The molecule has 1 heterocycles. The van der Waals surface area contributed by atoms with Crippen LogP contribution in [0.25, 0.3) is 43.2 Å². The summed E-state index contributed by atoms with van der Waals surface area (Å²) in [5.41, 5.74) is 0.857. The zero-order valence-corrected chi connectivity index (χ0v) is 12.0. The van der Waals surface area contributed by atoms with E-state index in [0.717, 1.165) is 32.4 Å². The molecule has 0 aliphatic rings. The lowest BCUT2D eigenvalue weighted by Crippen LogP contribution is -1.86. The van der Waals surface area contributed by atoms with Crippen molar-refractivity contribution >= 4 is 43.2 Å². The Morgan fingerprint density at radius 1 is 0.783 bits per heavy atom. The van der Waals surface area contributed by atoms with Crippen LogP contribution in [0.4, 0.5) is 0 Å². The van der Waals surface area contributed by atoms with Gasteiger partial charge in [-0.2, -0.15) is 0 Å². The number of H-pyrrole nitrogens is 1. The predicted octanol–water partition coefficient (Wildman–Crippen LogP) is 4.43. The number of benzene rings is 3. The average Bonchev–Trinajstić information content (AvgIpc) is 3.06. The molecule has 0 fully saturated rings. The largest absolute Gasteiger partial charge is 0.504 e. The van der Waals surface area contributed by atoms with E-state index < -0.39 is 0 Å². The minimum atomic E-state index is -0.0895. The molecule has 0 spiro atoms. The van der Waals surface area contributed by atoms with Crippen LogP contribution in [0.5, 0.6) is 11.5 Å². The molecule has 0 amide bonds. The number of nitrogens with zero attached hydrogens (tertiary/aromatic N) is 1. The molecule has 0 aliphatic heterocycles. The number of aromatic amines is 1. The smallest absolute Gasteiger partial charge is 0.166 e. The lowest BCUT2D eigenvalue weighted by atomic mass is 9.96. The monoisotopic (exact) mass is 300 g/mol. The van der Waals surface area contributed by atoms with Crippen molar-refractivity contribution in [1.82, 2.24) is 9.97 Å². The van der Waals surface area contributed by atoms with Gasteiger partial charge in [0.25, 0.3) is 0 Å². The molecule has 4 nitrogen and oxygen atoms in total. The van der Waals surface area contributed by atoms with E-state index >= 15 is 0 Å². The first-order valence-corrected chi connectivity index (χ1v) is 7.35. The Morgan fingerprint density at radius 3 is 2.61 bits per heavy atom. The second kappa shape index (κ2) is 4.14. The minimum absolute atomic E-state index is 0.0716. The van der Waals surface area contributed by atoms with Gasteiger partial charge in [-0.25, -0.2) is 4.98 Å². The molecule has 0 bridgehead atoms. The lowest BCUT2D eigenvalue weighted by Gasteiger charge is -2.12. The molecule has 0 radical (unpaired) electrons. The SMILES string of the molecule is Oc1c(O)c2c3cccc3ccc2c2cc3cnc[nH]c3cc12. The quantitative estimate of drug-likeness (QED) is 0.225. The first-order valence-electron chi connectivity index (χ1n) is 7.35. The van der Waals surface area contributed by atoms with Crippen molar-refractivity contribution in [2.45, 2.75) is 0 Å². The van der Waals surface area contributed by atoms with E-state index in [1.807, 2.05) is 42.5 Å². The van der Waals surface area contributed by atoms with Crippen LogP contribution in [0.1, 0.15) is 0 Å². The van der Waals surface area contributed by atoms with Crippen LogP contribution in [0.2, 0.25) is 0 Å². The fraction of sp³-hybridized carbons (Fsp3) is 0. The van der Waals surface area contributed by atoms with Crippen LogP contribution >= 0.6 is 0 Å². The maximum atomic E-state index is 10.6. The van der Waals surface area contributed by atoms with E-state index in [9.17, 15) is 10.2 Å². The Labute approximate surface area is 130 Å². The number of phenolic OH excluding ortho intramolecular Hbond substituents is 2. The maximum Gasteiger partial charge on any atom is 0.166 e. The van der Waals surface area contributed by atoms with Crippen molar-refractivity contribution in [2.75, 3.05) is 0 Å². The first kappa shape index (κ1) is 12.3. The summed E-state index contributed by atoms with van der Waals surface area (Å²) in [6.07, 6.45) is 3.38. The Bertz CT molecular complexity index is 1240. The average molecular weight is 300 g/mol. The maximum absolute atomic E-state index is 10.6. The third kappa shape index (κ3) is 1.52. The molecule has 0 saturated heterocycles. The standard InChI is InChI=1S/C19H12N2O2/c22-18-15-7-16-11(8-20-9-21-16)6-14(15)13-5-4-10-2-1-3-12(10)17(13)19(18)23/h1-9,22-23H,(H,20,21). The van der Waals surface area contributed by atoms with Crippen molar-refractivity contribution in [1.29, 1.82) is 0 Å². The van der Waals surface area contributed by atoms with Crippen LogP contribution < -0.4 is 0 Å². The second-order valence-electron chi connectivity index (χ2n) is 5.75. The molecule has 23 heavy (non-hydrogen) atoms. The van der Waals surface area contributed by atoms with Gasteiger partial charge in [0.2, 0.25) is 0 Å². The van der Waals surface area contributed by atoms with Crippen molar-refractivity contribution in [2.24, 2.45) is 0 Å². The Morgan fingerprint density at radius 2 is 1.70 bits per heavy atom. The minimum Gasteiger partial charge on any atom is -0.504 e. The van der Waals surface area contributed by atoms with Crippen molar-refractivity contribution in [3.8, 4) is 11.5 Å². The van der Waals surface area contributed by atoms with Crippen molar-refractivity contribution in [3.63, 3.8) is 0 Å². The number of aromatic nitrogens is 2. The van der Waals surface area contributed by atoms with Gasteiger partial charge in [0.1, 0.15) is 0 Å². The van der Waals surface area contributed by atoms with Gasteiger partial charge in [0.15, 0.2) is 11.5 Å². The fourth-order valence-corrected chi connectivity index (χ4v) is 3.43. The molecular weight excluding hydrogens is 288 g/mol. The van der Waals surface area contributed by atoms with Gasteiger partial charge in [-0.15, -0.1) is 0 Å². The summed E-state index contributed by atoms with van der Waals surface area (Å²) in [6.45, 7) is 0. The summed E-state index contributed by atoms with van der Waals surface area (Å²) in [6, 6.07) is 13.8. The molecule has 0 unspecified atom stereocenters. The summed E-state index contributed by atoms with van der Waals surface area (Å²) in [4.78, 5) is 7.17. The summed E-state index contributed by atoms with van der Waals surface area (Å²) < 4.78 is 0. The molecule has 0 saturated carbocycles. The second-order valence-corrected chi connectivity index (χ2v) is 5.75. The van der Waals surface area contributed by atoms with Gasteiger partial charge in [-0.05, 0) is 33.7 Å². The molecule has 4 aromatic carbocycles. The Kier molecular flexibility index (Phi) is 2.21. The van der Waals surface area contributed by atoms with Crippen molar-refractivity contribution < 1.29 is 10.2 Å². The van der Waals surface area contributed by atoms with Crippen molar-refractivity contribution in [3.05, 3.63) is 55.0 Å². The van der Waals surface area contributed by atoms with Crippen LogP contribution in [0.3, 0.4) is 0 Å². The zero-order chi connectivity index (χ0) is 15.6. The predicted molar refractivity (Wildman–Crippen MR) is 91.9 cm³/mol. The molecule has 4 heteroatoms. The number of phenols is 2. The number of hydrogen-bond acceptors (Lipinski definition) is 3. The number of nitrogens with one attached hydrogen (secondary N) is 1. The molecule has 1 aromatic heterocycles. The van der Waals surface area contributed by atoms with Gasteiger partial charge in [-0.3, -0.25) is 0 Å². The van der Waals surface area contributed by atoms with Crippen LogP contribution in [0.15, 0.2) is 55.0 Å². The molecule has 5 rings (SSSR count). The topological polar surface area (TPSA) is 69.1 Å². The summed E-state index contributed by atoms with van der Waals surface area (Å²) in [7, 11) is 0. The van der Waals surface area contributed by atoms with E-state index in [4.69, 9.17) is 0 Å². The van der Waals surface area contributed by atoms with E-state index in [1.165, 1.54) is 0 Å². The number of fused-ring (bicyclic) bond motifs is 6. The van der Waals surface area contributed by atoms with Gasteiger partial charge in [0.05, 0.1) is 6.33 Å². The number of aromatic hydroxyl groups is 2. The van der Waals surface area contributed by atoms with E-state index in [1.54, 1.807) is 12.5 Å². The summed E-state index contributed by atoms with van der Waals surface area (Å²) in [5, 5.41) is 27.2. The number of rotatable bonds is 0. The van der Waals surface area contributed by atoms with E-state index in [-0.39, 0.29) is 11.5 Å². The van der Waals surface area contributed by atoms with Crippen LogP contribution in [-0.2, 0) is 0 Å². The third-order valence-corrected chi connectivity index (χ3v) is 4.52. The normalized spacial score (nSPS) is 11.8. The van der Waals surface area contributed by atoms with Crippen LogP contribution in [0, 0.1) is 0 Å². The first-order chi connectivity index (χ1) is 11.2. The molecule has 5 aromatic rings. The highest BCUT2D eigenvalue weighted by Gasteiger charge is 2.16. The summed E-state index contributed by atoms with van der Waals surface area (Å²) in [5.74, 6) is -0.161. The highest BCUT2D eigenvalue weighted by molar-refractivity contribution is 6.23. The van der Waals surface area contributed by atoms with Crippen LogP contribution in [-0.4, -0.2) is 20.2 Å². The Balaban J connectivity index is 2.12. The van der Waals surface area contributed by atoms with Gasteiger partial charge >= 0.3 is 0 Å². The lowest BCUT2D eigenvalue weighted by molar-refractivity contribution is 0.413. The van der Waals surface area contributed by atoms with E-state index in [0.29, 0.717) is 10.8 Å². The van der Waals surface area contributed by atoms with E-state index in [2.05, 4.69) is 9.97 Å². The molecule has 0 aliphatic carbocycles. The third-order valence-electron chi connectivity index (χ3n) is 4.52. The van der Waals surface area contributed by atoms with Gasteiger partial charge in [0, 0.05) is 27.9 Å². The highest BCUT2D eigenvalue weighted by Crippen LogP contribution is 2.45. The fourth-order valence-electron chi connectivity index (χ4n) is 3.43. The van der Waals surface area contributed by atoms with Gasteiger partial charge < -0.3 is 15.2 Å².